The van der Waals surface area contributed by atoms with Crippen molar-refractivity contribution in [2.24, 2.45) is 0 Å². The van der Waals surface area contributed by atoms with Crippen molar-refractivity contribution in [1.82, 2.24) is 5.32 Å². The smallest absolute Gasteiger partial charge is 0.262 e. The van der Waals surface area contributed by atoms with Crippen LogP contribution in [0.4, 0.5) is 11.4 Å². The molecule has 1 aliphatic rings. The minimum atomic E-state index is -0.687. The summed E-state index contributed by atoms with van der Waals surface area (Å²) in [6.07, 6.45) is -0.687. The lowest BCUT2D eigenvalue weighted by molar-refractivity contribution is -0.127. The summed E-state index contributed by atoms with van der Waals surface area (Å²) >= 11 is 0. The van der Waals surface area contributed by atoms with Gasteiger partial charge in [0.1, 0.15) is 5.75 Å². The normalized spacial score (nSPS) is 14.9. The maximum absolute atomic E-state index is 12.8. The van der Waals surface area contributed by atoms with Crippen molar-refractivity contribution in [1.29, 1.82) is 0 Å². The average Bonchev–Trinajstić information content (AvgIpc) is 2.75. The van der Waals surface area contributed by atoms with Crippen molar-refractivity contribution in [2.45, 2.75) is 20.0 Å². The number of carbonyl (C=O) groups excluding carboxylic acids is 2. The summed E-state index contributed by atoms with van der Waals surface area (Å²) in [5.74, 6) is 1.34. The number of hydrogen-bond donors (Lipinski definition) is 2. The Labute approximate surface area is 176 Å². The molecule has 0 unspecified atom stereocenters. The van der Waals surface area contributed by atoms with Crippen LogP contribution >= 0.6 is 0 Å². The first-order valence-electron chi connectivity index (χ1n) is 9.97. The molecule has 3 rings (SSSR count). The Morgan fingerprint density at radius 3 is 2.57 bits per heavy atom. The number of ether oxygens (including phenoxy) is 3. The third kappa shape index (κ3) is 4.94. The molecule has 2 aromatic rings. The van der Waals surface area contributed by atoms with Crippen LogP contribution in [0.5, 0.6) is 17.2 Å². The van der Waals surface area contributed by atoms with Crippen LogP contribution in [0.2, 0.25) is 0 Å². The molecule has 0 radical (unpaired) electrons. The lowest BCUT2D eigenvalue weighted by Gasteiger charge is -2.35. The molecule has 8 heteroatoms. The average molecular weight is 413 g/mol. The summed E-state index contributed by atoms with van der Waals surface area (Å²) in [4.78, 5) is 26.7. The first-order valence-corrected chi connectivity index (χ1v) is 9.97. The summed E-state index contributed by atoms with van der Waals surface area (Å²) in [5.41, 5.74) is 1.38. The number of likely N-dealkylation sites (N-methyl/N-ethyl adjacent to an activating group) is 1. The third-order valence-electron chi connectivity index (χ3n) is 4.56. The van der Waals surface area contributed by atoms with Gasteiger partial charge in [-0.3, -0.25) is 9.59 Å². The van der Waals surface area contributed by atoms with Crippen LogP contribution in [0.3, 0.4) is 0 Å². The number of anilines is 2. The van der Waals surface area contributed by atoms with Crippen LogP contribution in [-0.2, 0) is 9.59 Å². The maximum atomic E-state index is 12.8. The first kappa shape index (κ1) is 21.3. The topological polar surface area (TPSA) is 89.1 Å². The van der Waals surface area contributed by atoms with Gasteiger partial charge in [0.15, 0.2) is 17.6 Å². The Kier molecular flexibility index (Phi) is 7.00. The molecule has 0 saturated heterocycles. The van der Waals surface area contributed by atoms with Gasteiger partial charge in [0.05, 0.1) is 32.0 Å². The fourth-order valence-corrected chi connectivity index (χ4v) is 3.26. The lowest BCUT2D eigenvalue weighted by Crippen LogP contribution is -2.50. The van der Waals surface area contributed by atoms with E-state index in [-0.39, 0.29) is 24.9 Å². The van der Waals surface area contributed by atoms with Crippen LogP contribution in [0.1, 0.15) is 13.8 Å². The molecule has 0 saturated carbocycles. The van der Waals surface area contributed by atoms with Crippen molar-refractivity contribution in [3.05, 3.63) is 42.5 Å². The van der Waals surface area contributed by atoms with Crippen LogP contribution in [0, 0.1) is 0 Å². The first-order chi connectivity index (χ1) is 14.5. The largest absolute Gasteiger partial charge is 0.490 e. The van der Waals surface area contributed by atoms with Crippen LogP contribution in [0.25, 0.3) is 0 Å². The second-order valence-electron chi connectivity index (χ2n) is 6.64. The van der Waals surface area contributed by atoms with Gasteiger partial charge in [-0.15, -0.1) is 0 Å². The second-order valence-corrected chi connectivity index (χ2v) is 6.64. The van der Waals surface area contributed by atoms with Gasteiger partial charge in [0.2, 0.25) is 5.91 Å². The number of fused-ring (bicyclic) bond motifs is 1. The van der Waals surface area contributed by atoms with Gasteiger partial charge in [-0.2, -0.15) is 0 Å². The van der Waals surface area contributed by atoms with Crippen molar-refractivity contribution in [2.75, 3.05) is 43.6 Å². The summed E-state index contributed by atoms with van der Waals surface area (Å²) < 4.78 is 16.9. The fraction of sp³-hybridized carbons (Fsp3) is 0.364. The minimum absolute atomic E-state index is 0.0745. The molecule has 160 valence electrons. The number of carbonyl (C=O) groups is 2. The fourth-order valence-electron chi connectivity index (χ4n) is 3.26. The molecule has 0 spiro atoms. The zero-order valence-electron chi connectivity index (χ0n) is 17.4. The van der Waals surface area contributed by atoms with Crippen molar-refractivity contribution in [3.8, 4) is 17.2 Å². The van der Waals surface area contributed by atoms with Crippen molar-refractivity contribution in [3.63, 3.8) is 0 Å². The number of para-hydroxylation sites is 2. The molecule has 30 heavy (non-hydrogen) atoms. The number of amides is 2. The van der Waals surface area contributed by atoms with E-state index in [2.05, 4.69) is 10.6 Å². The van der Waals surface area contributed by atoms with E-state index in [4.69, 9.17) is 14.2 Å². The van der Waals surface area contributed by atoms with Crippen molar-refractivity contribution < 1.29 is 23.8 Å². The van der Waals surface area contributed by atoms with E-state index in [1.807, 2.05) is 36.9 Å². The molecule has 0 fully saturated rings. The molecule has 2 N–H and O–H groups in total. The zero-order valence-corrected chi connectivity index (χ0v) is 17.4. The second kappa shape index (κ2) is 9.87. The van der Waals surface area contributed by atoms with Crippen LogP contribution in [0.15, 0.2) is 42.5 Å². The number of nitrogens with one attached hydrogen (secondary N) is 2. The molecule has 1 heterocycles. The summed E-state index contributed by atoms with van der Waals surface area (Å²) in [6.45, 7) is 5.15. The SMILES string of the molecule is CCOc1ccc(NC(=O)CN2C[C@@H](C(=O)NC)Oc3ccccc32)cc1OCC. The van der Waals surface area contributed by atoms with E-state index >= 15 is 0 Å². The van der Waals surface area contributed by atoms with Gasteiger partial charge >= 0.3 is 0 Å². The number of nitrogens with zero attached hydrogens (tertiary/aromatic N) is 1. The van der Waals surface area contributed by atoms with Gasteiger partial charge < -0.3 is 29.7 Å². The predicted octanol–water partition coefficient (Wildman–Crippen LogP) is 2.44. The van der Waals surface area contributed by atoms with E-state index in [1.54, 1.807) is 31.3 Å². The maximum Gasteiger partial charge on any atom is 0.262 e. The molecule has 0 aromatic heterocycles. The molecule has 0 bridgehead atoms. The molecular formula is C22H27N3O5. The Balaban J connectivity index is 1.73. The van der Waals surface area contributed by atoms with E-state index in [0.29, 0.717) is 36.1 Å². The minimum Gasteiger partial charge on any atom is -0.490 e. The van der Waals surface area contributed by atoms with Crippen LogP contribution < -0.4 is 29.7 Å². The zero-order chi connectivity index (χ0) is 21.5. The Bertz CT molecular complexity index is 902. The highest BCUT2D eigenvalue weighted by Crippen LogP contribution is 2.33. The monoisotopic (exact) mass is 413 g/mol. The van der Waals surface area contributed by atoms with Gasteiger partial charge in [-0.25, -0.2) is 0 Å². The number of benzene rings is 2. The third-order valence-corrected chi connectivity index (χ3v) is 4.56. The van der Waals surface area contributed by atoms with Gasteiger partial charge in [-0.05, 0) is 38.1 Å². The van der Waals surface area contributed by atoms with E-state index in [1.165, 1.54) is 0 Å². The lowest BCUT2D eigenvalue weighted by atomic mass is 10.1. The van der Waals surface area contributed by atoms with E-state index in [0.717, 1.165) is 5.69 Å². The molecule has 2 aromatic carbocycles. The molecule has 1 atom stereocenters. The quantitative estimate of drug-likeness (QED) is 0.691. The van der Waals surface area contributed by atoms with E-state index < -0.39 is 6.10 Å². The Morgan fingerprint density at radius 1 is 1.10 bits per heavy atom. The highest BCUT2D eigenvalue weighted by atomic mass is 16.5. The Morgan fingerprint density at radius 2 is 1.83 bits per heavy atom. The molecule has 0 aliphatic carbocycles. The number of rotatable bonds is 8. The predicted molar refractivity (Wildman–Crippen MR) is 115 cm³/mol. The van der Waals surface area contributed by atoms with Gasteiger partial charge in [0.25, 0.3) is 5.91 Å². The van der Waals surface area contributed by atoms with Gasteiger partial charge in [0, 0.05) is 18.8 Å². The van der Waals surface area contributed by atoms with Crippen molar-refractivity contribution >= 4 is 23.2 Å². The molecule has 2 amide bonds. The highest BCUT2D eigenvalue weighted by molar-refractivity contribution is 5.95. The Hall–Kier alpha value is -3.42. The molecule has 8 nitrogen and oxygen atoms in total. The summed E-state index contributed by atoms with van der Waals surface area (Å²) in [5, 5.41) is 5.48. The standard InChI is InChI=1S/C22H27N3O5/c1-4-28-18-11-10-15(12-19(18)29-5-2)24-21(26)14-25-13-20(22(27)23-3)30-17-9-7-6-8-16(17)25/h6-12,20H,4-5,13-14H2,1-3H3,(H,23,27)(H,24,26)/t20-/m0/s1. The van der Waals surface area contributed by atoms with Crippen LogP contribution in [-0.4, -0.2) is 51.3 Å². The molecule has 1 aliphatic heterocycles. The van der Waals surface area contributed by atoms with Gasteiger partial charge in [-0.1, -0.05) is 12.1 Å². The summed E-state index contributed by atoms with van der Waals surface area (Å²) in [6, 6.07) is 12.6. The molecular weight excluding hydrogens is 386 g/mol. The summed E-state index contributed by atoms with van der Waals surface area (Å²) in [7, 11) is 1.56. The highest BCUT2D eigenvalue weighted by Gasteiger charge is 2.31. The number of hydrogen-bond acceptors (Lipinski definition) is 6. The van der Waals surface area contributed by atoms with E-state index in [9.17, 15) is 9.59 Å².